The third-order valence-electron chi connectivity index (χ3n) is 2.07. The summed E-state index contributed by atoms with van der Waals surface area (Å²) in [5, 5.41) is -0.709. The van der Waals surface area contributed by atoms with Gasteiger partial charge in [-0.05, 0) is 55.4 Å². The largest absolute Gasteiger partial charge is 0.468 e. The Balaban J connectivity index is 5.54. The number of ether oxygens (including phenoxy) is 1. The smallest absolute Gasteiger partial charge is 0.326 e. The maximum absolute atomic E-state index is 12.4. The highest BCUT2D eigenvalue weighted by molar-refractivity contribution is 7.68. The standard InChI is InChI=1S/C15H32O6P2/c1-10(2)18-22(19-11(3)4)15(14(16)17-9)23(20-12(5)6)21-13(7)8/h10-13,15H,1-9H3. The molecule has 138 valence electrons. The van der Waals surface area contributed by atoms with Crippen molar-refractivity contribution < 1.29 is 27.6 Å². The first kappa shape index (κ1) is 23.2. The summed E-state index contributed by atoms with van der Waals surface area (Å²) in [5.74, 6) is -0.426. The molecule has 8 heteroatoms. The minimum atomic E-state index is -1.54. The fourth-order valence-corrected chi connectivity index (χ4v) is 5.51. The molecule has 0 saturated heterocycles. The van der Waals surface area contributed by atoms with Crippen LogP contribution in [0, 0.1) is 0 Å². The van der Waals surface area contributed by atoms with Gasteiger partial charge in [0.05, 0.1) is 31.5 Å². The molecule has 0 saturated carbocycles. The summed E-state index contributed by atoms with van der Waals surface area (Å²) in [6.45, 7) is 15.2. The van der Waals surface area contributed by atoms with Crippen LogP contribution in [0.2, 0.25) is 0 Å². The zero-order chi connectivity index (χ0) is 18.2. The third kappa shape index (κ3) is 9.91. The predicted molar refractivity (Wildman–Crippen MR) is 94.5 cm³/mol. The minimum Gasteiger partial charge on any atom is -0.468 e. The van der Waals surface area contributed by atoms with E-state index in [9.17, 15) is 4.79 Å². The molecule has 0 fully saturated rings. The number of carbonyl (C=O) groups is 1. The highest BCUT2D eigenvalue weighted by Gasteiger charge is 2.43. The van der Waals surface area contributed by atoms with Crippen molar-refractivity contribution in [1.82, 2.24) is 0 Å². The van der Waals surface area contributed by atoms with E-state index in [2.05, 4.69) is 0 Å². The van der Waals surface area contributed by atoms with Crippen molar-refractivity contribution in [2.45, 2.75) is 85.2 Å². The van der Waals surface area contributed by atoms with Crippen LogP contribution < -0.4 is 0 Å². The fraction of sp³-hybridized carbons (Fsp3) is 0.933. The second-order valence-electron chi connectivity index (χ2n) is 6.08. The monoisotopic (exact) mass is 370 g/mol. The second-order valence-corrected chi connectivity index (χ2v) is 9.51. The van der Waals surface area contributed by atoms with Crippen molar-refractivity contribution in [3.63, 3.8) is 0 Å². The van der Waals surface area contributed by atoms with E-state index in [0.717, 1.165) is 0 Å². The quantitative estimate of drug-likeness (QED) is 0.384. The molecule has 0 atom stereocenters. The minimum absolute atomic E-state index is 0.0815. The number of hydrogen-bond acceptors (Lipinski definition) is 6. The number of methoxy groups -OCH3 is 1. The molecule has 0 aliphatic carbocycles. The van der Waals surface area contributed by atoms with Gasteiger partial charge in [-0.3, -0.25) is 4.79 Å². The average molecular weight is 370 g/mol. The van der Waals surface area contributed by atoms with E-state index in [-0.39, 0.29) is 24.4 Å². The Morgan fingerprint density at radius 1 is 0.652 bits per heavy atom. The first-order chi connectivity index (χ1) is 10.6. The summed E-state index contributed by atoms with van der Waals surface area (Å²) in [5.41, 5.74) is 0. The van der Waals surface area contributed by atoms with Gasteiger partial charge in [-0.1, -0.05) is 0 Å². The molecule has 0 amide bonds. The van der Waals surface area contributed by atoms with Gasteiger partial charge in [0.25, 0.3) is 0 Å². The predicted octanol–water partition coefficient (Wildman–Crippen LogP) is 4.81. The highest BCUT2D eigenvalue weighted by Crippen LogP contribution is 2.62. The summed E-state index contributed by atoms with van der Waals surface area (Å²) in [6, 6.07) is 0. The van der Waals surface area contributed by atoms with Crippen LogP contribution in [-0.2, 0) is 27.6 Å². The summed E-state index contributed by atoms with van der Waals surface area (Å²) >= 11 is 0. The summed E-state index contributed by atoms with van der Waals surface area (Å²) in [6.07, 6.45) is -0.326. The summed E-state index contributed by atoms with van der Waals surface area (Å²) in [7, 11) is -1.74. The lowest BCUT2D eigenvalue weighted by Gasteiger charge is -2.33. The lowest BCUT2D eigenvalue weighted by Crippen LogP contribution is -2.26. The molecule has 0 aromatic carbocycles. The van der Waals surface area contributed by atoms with Crippen LogP contribution in [0.5, 0.6) is 0 Å². The molecule has 0 bridgehead atoms. The van der Waals surface area contributed by atoms with Crippen molar-refractivity contribution in [2.75, 3.05) is 7.11 Å². The van der Waals surface area contributed by atoms with Gasteiger partial charge in [-0.25, -0.2) is 0 Å². The van der Waals surface area contributed by atoms with Gasteiger partial charge in [-0.2, -0.15) is 0 Å². The molecular formula is C15H32O6P2. The van der Waals surface area contributed by atoms with Gasteiger partial charge < -0.3 is 22.8 Å². The number of rotatable bonds is 11. The highest BCUT2D eigenvalue weighted by atomic mass is 31.2. The van der Waals surface area contributed by atoms with E-state index < -0.39 is 28.1 Å². The van der Waals surface area contributed by atoms with E-state index in [4.69, 9.17) is 22.8 Å². The Labute approximate surface area is 143 Å². The summed E-state index contributed by atoms with van der Waals surface area (Å²) < 4.78 is 28.5. The Kier molecular flexibility index (Phi) is 11.8. The van der Waals surface area contributed by atoms with Gasteiger partial charge in [0.1, 0.15) is 0 Å². The molecule has 23 heavy (non-hydrogen) atoms. The third-order valence-corrected chi connectivity index (χ3v) is 6.94. The van der Waals surface area contributed by atoms with E-state index in [0.29, 0.717) is 0 Å². The Hall–Kier alpha value is 0.170. The average Bonchev–Trinajstić information content (AvgIpc) is 2.35. The molecule has 0 radical (unpaired) electrons. The zero-order valence-corrected chi connectivity index (χ0v) is 17.5. The number of hydrogen-bond donors (Lipinski definition) is 0. The van der Waals surface area contributed by atoms with Crippen molar-refractivity contribution in [3.8, 4) is 0 Å². The Morgan fingerprint density at radius 3 is 1.09 bits per heavy atom. The van der Waals surface area contributed by atoms with Gasteiger partial charge in [0, 0.05) is 0 Å². The fourth-order valence-electron chi connectivity index (χ4n) is 1.47. The van der Waals surface area contributed by atoms with Crippen LogP contribution in [0.15, 0.2) is 0 Å². The van der Waals surface area contributed by atoms with Gasteiger partial charge >= 0.3 is 5.97 Å². The van der Waals surface area contributed by atoms with E-state index in [1.165, 1.54) is 7.11 Å². The van der Waals surface area contributed by atoms with Crippen LogP contribution in [0.25, 0.3) is 0 Å². The van der Waals surface area contributed by atoms with Crippen LogP contribution in [0.4, 0.5) is 0 Å². The first-order valence-electron chi connectivity index (χ1n) is 7.91. The molecule has 0 rings (SSSR count). The van der Waals surface area contributed by atoms with Crippen molar-refractivity contribution in [2.24, 2.45) is 0 Å². The van der Waals surface area contributed by atoms with Crippen molar-refractivity contribution in [3.05, 3.63) is 0 Å². The molecule has 0 heterocycles. The maximum Gasteiger partial charge on any atom is 0.326 e. The molecule has 0 aromatic rings. The first-order valence-corrected chi connectivity index (χ1v) is 10.4. The molecule has 0 aliphatic rings. The van der Waals surface area contributed by atoms with Crippen molar-refractivity contribution >= 4 is 22.7 Å². The van der Waals surface area contributed by atoms with Crippen LogP contribution >= 0.6 is 16.8 Å². The molecule has 0 spiro atoms. The topological polar surface area (TPSA) is 63.2 Å². The normalized spacial score (nSPS) is 12.7. The summed E-state index contributed by atoms with van der Waals surface area (Å²) in [4.78, 5) is 12.4. The zero-order valence-electron chi connectivity index (χ0n) is 15.7. The molecule has 0 unspecified atom stereocenters. The lowest BCUT2D eigenvalue weighted by atomic mass is 10.5. The van der Waals surface area contributed by atoms with Crippen LogP contribution in [0.1, 0.15) is 55.4 Å². The maximum atomic E-state index is 12.4. The lowest BCUT2D eigenvalue weighted by molar-refractivity contribution is -0.139. The number of esters is 1. The Bertz CT molecular complexity index is 292. The van der Waals surface area contributed by atoms with Gasteiger partial charge in [-0.15, -0.1) is 0 Å². The van der Waals surface area contributed by atoms with Gasteiger partial charge in [0.15, 0.2) is 22.2 Å². The second kappa shape index (κ2) is 11.7. The van der Waals surface area contributed by atoms with Crippen LogP contribution in [0.3, 0.4) is 0 Å². The Morgan fingerprint density at radius 2 is 0.913 bits per heavy atom. The molecule has 6 nitrogen and oxygen atoms in total. The number of carbonyl (C=O) groups excluding carboxylic acids is 1. The van der Waals surface area contributed by atoms with E-state index in [1.807, 2.05) is 55.4 Å². The SMILES string of the molecule is COC(=O)C(P(OC(C)C)OC(C)C)P(OC(C)C)OC(C)C. The van der Waals surface area contributed by atoms with Crippen molar-refractivity contribution in [1.29, 1.82) is 0 Å². The molecule has 0 aromatic heterocycles. The molecular weight excluding hydrogens is 338 g/mol. The van der Waals surface area contributed by atoms with Gasteiger partial charge in [0.2, 0.25) is 0 Å². The van der Waals surface area contributed by atoms with Crippen LogP contribution in [-0.4, -0.2) is 42.9 Å². The molecule has 0 aliphatic heterocycles. The molecule has 0 N–H and O–H groups in total. The van der Waals surface area contributed by atoms with E-state index >= 15 is 0 Å². The van der Waals surface area contributed by atoms with E-state index in [1.54, 1.807) is 0 Å².